The van der Waals surface area contributed by atoms with Crippen LogP contribution < -0.4 is 4.72 Å². The average Bonchev–Trinajstić information content (AvgIpc) is 2.96. The van der Waals surface area contributed by atoms with Crippen LogP contribution in [0.25, 0.3) is 0 Å². The van der Waals surface area contributed by atoms with Crippen LogP contribution in [0.4, 0.5) is 0 Å². The predicted octanol–water partition coefficient (Wildman–Crippen LogP) is 3.13. The number of hydrogen-bond acceptors (Lipinski definition) is 5. The topological polar surface area (TPSA) is 78.8 Å². The highest BCUT2D eigenvalue weighted by molar-refractivity contribution is 7.98. The number of carbonyl (C=O) groups excluding carboxylic acids is 1. The second-order valence-corrected chi connectivity index (χ2v) is 9.84. The van der Waals surface area contributed by atoms with E-state index in [4.69, 9.17) is 0 Å². The molecule has 0 fully saturated rings. The van der Waals surface area contributed by atoms with Gasteiger partial charge in [0.05, 0.1) is 4.90 Å². The van der Waals surface area contributed by atoms with Crippen molar-refractivity contribution in [2.24, 2.45) is 10.9 Å². The zero-order valence-electron chi connectivity index (χ0n) is 16.9. The molecule has 1 heterocycles. The summed E-state index contributed by atoms with van der Waals surface area (Å²) in [5.74, 6) is -0.0102. The first-order chi connectivity index (χ1) is 13.7. The molecule has 3 rings (SSSR count). The highest BCUT2D eigenvalue weighted by Gasteiger charge is 2.33. The Labute approximate surface area is 176 Å². The lowest BCUT2D eigenvalue weighted by atomic mass is 10.0. The summed E-state index contributed by atoms with van der Waals surface area (Å²) in [6.45, 7) is 4.27. The minimum Gasteiger partial charge on any atom is -0.340 e. The number of amides is 1. The molecule has 6 nitrogen and oxygen atoms in total. The number of fused-ring (bicyclic) bond motifs is 1. The Balaban J connectivity index is 1.84. The summed E-state index contributed by atoms with van der Waals surface area (Å²) in [4.78, 5) is 20.6. The Bertz CT molecular complexity index is 1030. The second kappa shape index (κ2) is 8.59. The van der Waals surface area contributed by atoms with Gasteiger partial charge in [-0.15, -0.1) is 11.8 Å². The summed E-state index contributed by atoms with van der Waals surface area (Å²) >= 11 is 1.67. The maximum absolute atomic E-state index is 13.1. The van der Waals surface area contributed by atoms with Crippen molar-refractivity contribution in [3.63, 3.8) is 0 Å². The Morgan fingerprint density at radius 1 is 1.14 bits per heavy atom. The molecular weight excluding hydrogens is 406 g/mol. The minimum atomic E-state index is -3.63. The number of hydrogen-bond donors (Lipinski definition) is 1. The molecule has 1 amide bonds. The van der Waals surface area contributed by atoms with E-state index < -0.39 is 16.1 Å². The fourth-order valence-corrected chi connectivity index (χ4v) is 4.81. The van der Waals surface area contributed by atoms with Gasteiger partial charge >= 0.3 is 0 Å². The standard InChI is InChI=1S/C21H25N3O3S2/c1-14(2)19(21(25)24(3)13-15-9-11-16(28-4)12-10-15)22-20-17-7-5-6-8-18(17)29(26,27)23-20/h5-12,14,19H,13H2,1-4H3,(H,22,23). The van der Waals surface area contributed by atoms with Gasteiger partial charge < -0.3 is 4.90 Å². The fraction of sp³-hybridized carbons (Fsp3) is 0.333. The van der Waals surface area contributed by atoms with Gasteiger partial charge in [0, 0.05) is 24.1 Å². The van der Waals surface area contributed by atoms with Crippen LogP contribution in [0.5, 0.6) is 0 Å². The molecule has 1 unspecified atom stereocenters. The van der Waals surface area contributed by atoms with Crippen LogP contribution in [-0.4, -0.2) is 44.4 Å². The largest absolute Gasteiger partial charge is 0.340 e. The van der Waals surface area contributed by atoms with Gasteiger partial charge in [-0.1, -0.05) is 38.1 Å². The third kappa shape index (κ3) is 4.64. The molecule has 1 aliphatic heterocycles. The first-order valence-corrected chi connectivity index (χ1v) is 12.0. The number of carbonyl (C=O) groups is 1. The molecule has 154 valence electrons. The van der Waals surface area contributed by atoms with E-state index in [0.717, 1.165) is 5.56 Å². The molecule has 0 spiro atoms. The van der Waals surface area contributed by atoms with E-state index in [0.29, 0.717) is 12.1 Å². The van der Waals surface area contributed by atoms with Crippen molar-refractivity contribution in [1.29, 1.82) is 0 Å². The molecule has 0 bridgehead atoms. The van der Waals surface area contributed by atoms with E-state index >= 15 is 0 Å². The lowest BCUT2D eigenvalue weighted by Crippen LogP contribution is -2.39. The highest BCUT2D eigenvalue weighted by atomic mass is 32.2. The van der Waals surface area contributed by atoms with Crippen LogP contribution in [0, 0.1) is 5.92 Å². The summed E-state index contributed by atoms with van der Waals surface area (Å²) in [6.07, 6.45) is 2.02. The zero-order chi connectivity index (χ0) is 21.2. The van der Waals surface area contributed by atoms with E-state index in [1.807, 2.05) is 44.4 Å². The van der Waals surface area contributed by atoms with E-state index in [9.17, 15) is 13.2 Å². The number of thioether (sulfide) groups is 1. The third-order valence-corrected chi connectivity index (χ3v) is 6.91. The number of rotatable bonds is 6. The minimum absolute atomic E-state index is 0.0893. The van der Waals surface area contributed by atoms with Crippen molar-refractivity contribution >= 4 is 33.5 Å². The normalized spacial score (nSPS) is 17.1. The molecule has 2 aromatic rings. The van der Waals surface area contributed by atoms with Crippen molar-refractivity contribution in [2.75, 3.05) is 13.3 Å². The summed E-state index contributed by atoms with van der Waals surface area (Å²) in [6, 6.07) is 14.1. The summed E-state index contributed by atoms with van der Waals surface area (Å²) < 4.78 is 27.1. The maximum atomic E-state index is 13.1. The number of sulfonamides is 1. The SMILES string of the molecule is CSc1ccc(CN(C)C(=O)C(N=C2NS(=O)(=O)c3ccccc32)C(C)C)cc1. The lowest BCUT2D eigenvalue weighted by Gasteiger charge is -2.24. The van der Waals surface area contributed by atoms with Crippen molar-refractivity contribution in [3.8, 4) is 0 Å². The van der Waals surface area contributed by atoms with Gasteiger partial charge in [0.1, 0.15) is 11.9 Å². The molecular formula is C21H25N3O3S2. The van der Waals surface area contributed by atoms with Gasteiger partial charge in [-0.2, -0.15) is 0 Å². The fourth-order valence-electron chi connectivity index (χ4n) is 3.17. The van der Waals surface area contributed by atoms with Crippen molar-refractivity contribution < 1.29 is 13.2 Å². The second-order valence-electron chi connectivity index (χ2n) is 7.31. The Morgan fingerprint density at radius 2 is 1.79 bits per heavy atom. The van der Waals surface area contributed by atoms with Crippen LogP contribution in [0.1, 0.15) is 25.0 Å². The average molecular weight is 432 g/mol. The lowest BCUT2D eigenvalue weighted by molar-refractivity contribution is -0.132. The van der Waals surface area contributed by atoms with Crippen molar-refractivity contribution in [1.82, 2.24) is 9.62 Å². The summed E-state index contributed by atoms with van der Waals surface area (Å²) in [5, 5.41) is 0. The molecule has 1 aliphatic rings. The molecule has 0 saturated heterocycles. The molecule has 1 N–H and O–H groups in total. The molecule has 2 aromatic carbocycles. The van der Waals surface area contributed by atoms with Gasteiger partial charge in [-0.05, 0) is 42.0 Å². The highest BCUT2D eigenvalue weighted by Crippen LogP contribution is 2.24. The quantitative estimate of drug-likeness (QED) is 0.713. The molecule has 29 heavy (non-hydrogen) atoms. The number of nitrogens with one attached hydrogen (secondary N) is 1. The van der Waals surface area contributed by atoms with Crippen LogP contribution in [0.3, 0.4) is 0 Å². The third-order valence-electron chi connectivity index (χ3n) is 4.77. The van der Waals surface area contributed by atoms with Gasteiger partial charge in [-0.3, -0.25) is 14.5 Å². The maximum Gasteiger partial charge on any atom is 0.263 e. The number of benzene rings is 2. The molecule has 0 aliphatic carbocycles. The van der Waals surface area contributed by atoms with Gasteiger partial charge in [0.25, 0.3) is 10.0 Å². The first kappa shape index (κ1) is 21.4. The monoisotopic (exact) mass is 431 g/mol. The molecule has 8 heteroatoms. The Hall–Kier alpha value is -2.32. The van der Waals surface area contributed by atoms with E-state index in [2.05, 4.69) is 9.71 Å². The first-order valence-electron chi connectivity index (χ1n) is 9.31. The predicted molar refractivity (Wildman–Crippen MR) is 117 cm³/mol. The molecule has 1 atom stereocenters. The van der Waals surface area contributed by atoms with Crippen LogP contribution in [0.2, 0.25) is 0 Å². The van der Waals surface area contributed by atoms with E-state index in [1.54, 1.807) is 41.9 Å². The Kier molecular flexibility index (Phi) is 6.33. The van der Waals surface area contributed by atoms with Gasteiger partial charge in [0.2, 0.25) is 5.91 Å². The van der Waals surface area contributed by atoms with Crippen LogP contribution in [-0.2, 0) is 21.4 Å². The number of aliphatic imine (C=N–C) groups is 1. The van der Waals surface area contributed by atoms with E-state index in [-0.39, 0.29) is 22.6 Å². The van der Waals surface area contributed by atoms with Crippen LogP contribution in [0.15, 0.2) is 63.3 Å². The van der Waals surface area contributed by atoms with Gasteiger partial charge in [-0.25, -0.2) is 8.42 Å². The number of amidine groups is 1. The zero-order valence-corrected chi connectivity index (χ0v) is 18.5. The molecule has 0 saturated carbocycles. The summed E-state index contributed by atoms with van der Waals surface area (Å²) in [7, 11) is -1.89. The Morgan fingerprint density at radius 3 is 2.41 bits per heavy atom. The smallest absolute Gasteiger partial charge is 0.263 e. The van der Waals surface area contributed by atoms with Crippen LogP contribution >= 0.6 is 11.8 Å². The molecule has 0 aromatic heterocycles. The summed E-state index contributed by atoms with van der Waals surface area (Å²) in [5.41, 5.74) is 1.53. The number of nitrogens with zero attached hydrogens (tertiary/aromatic N) is 2. The van der Waals surface area contributed by atoms with Crippen molar-refractivity contribution in [2.45, 2.75) is 36.2 Å². The van der Waals surface area contributed by atoms with E-state index in [1.165, 1.54) is 11.0 Å². The molecule has 0 radical (unpaired) electrons. The number of likely N-dealkylation sites (N-methyl/N-ethyl adjacent to an activating group) is 1. The van der Waals surface area contributed by atoms with Crippen molar-refractivity contribution in [3.05, 3.63) is 59.7 Å². The van der Waals surface area contributed by atoms with Gasteiger partial charge in [0.15, 0.2) is 0 Å².